The second-order valence-electron chi connectivity index (χ2n) is 3.91. The van der Waals surface area contributed by atoms with Gasteiger partial charge >= 0.3 is 0 Å². The van der Waals surface area contributed by atoms with Gasteiger partial charge in [0.25, 0.3) is 0 Å². The molecule has 0 spiro atoms. The Hall–Kier alpha value is -2.18. The van der Waals surface area contributed by atoms with Gasteiger partial charge in [-0.05, 0) is 5.56 Å². The van der Waals surface area contributed by atoms with E-state index in [1.54, 1.807) is 0 Å². The third-order valence-corrected chi connectivity index (χ3v) is 2.88. The van der Waals surface area contributed by atoms with Crippen molar-refractivity contribution in [1.29, 1.82) is 0 Å². The molecule has 0 aliphatic carbocycles. The number of hydrogen-bond donors (Lipinski definition) is 4. The molecule has 0 radical (unpaired) electrons. The van der Waals surface area contributed by atoms with E-state index < -0.39 is 5.66 Å². The van der Waals surface area contributed by atoms with Crippen LogP contribution in [0, 0.1) is 0 Å². The van der Waals surface area contributed by atoms with Crippen LogP contribution in [0.25, 0.3) is 0 Å². The standard InChI is InChI=1S/C11H12N6/c12-9-8-10(15-6-14-9)16-17-11(8,13)7-4-2-1-3-5-7/h1-6,17H,13H2,(H3,12,14,15,16). The van der Waals surface area contributed by atoms with Crippen molar-refractivity contribution in [2.24, 2.45) is 5.73 Å². The summed E-state index contributed by atoms with van der Waals surface area (Å²) in [6.45, 7) is 0. The number of nitrogens with one attached hydrogen (secondary N) is 2. The van der Waals surface area contributed by atoms with E-state index in [-0.39, 0.29) is 0 Å². The van der Waals surface area contributed by atoms with E-state index in [4.69, 9.17) is 11.5 Å². The maximum Gasteiger partial charge on any atom is 0.152 e. The number of benzene rings is 1. The fourth-order valence-corrected chi connectivity index (χ4v) is 2.02. The number of nitrogen functional groups attached to an aromatic ring is 1. The van der Waals surface area contributed by atoms with Crippen molar-refractivity contribution < 1.29 is 0 Å². The topological polar surface area (TPSA) is 102 Å². The van der Waals surface area contributed by atoms with Crippen LogP contribution in [0.15, 0.2) is 36.7 Å². The van der Waals surface area contributed by atoms with Crippen LogP contribution in [0.1, 0.15) is 11.1 Å². The summed E-state index contributed by atoms with van der Waals surface area (Å²) in [5.41, 5.74) is 18.8. The maximum absolute atomic E-state index is 6.36. The van der Waals surface area contributed by atoms with Crippen molar-refractivity contribution in [3.63, 3.8) is 0 Å². The molecule has 6 nitrogen and oxygen atoms in total. The van der Waals surface area contributed by atoms with E-state index in [0.717, 1.165) is 5.56 Å². The van der Waals surface area contributed by atoms with Gasteiger partial charge < -0.3 is 16.9 Å². The highest BCUT2D eigenvalue weighted by Gasteiger charge is 2.40. The number of anilines is 2. The average molecular weight is 228 g/mol. The van der Waals surface area contributed by atoms with Crippen molar-refractivity contribution >= 4 is 11.6 Å². The predicted molar refractivity (Wildman–Crippen MR) is 64.6 cm³/mol. The summed E-state index contributed by atoms with van der Waals surface area (Å²) < 4.78 is 0. The molecule has 0 saturated heterocycles. The molecule has 0 fully saturated rings. The van der Waals surface area contributed by atoms with Gasteiger partial charge in [-0.25, -0.2) is 15.4 Å². The van der Waals surface area contributed by atoms with Gasteiger partial charge in [-0.2, -0.15) is 0 Å². The zero-order valence-corrected chi connectivity index (χ0v) is 9.01. The summed E-state index contributed by atoms with van der Waals surface area (Å²) >= 11 is 0. The number of hydrazine groups is 1. The first kappa shape index (κ1) is 10.0. The Labute approximate surface area is 98.0 Å². The maximum atomic E-state index is 6.36. The summed E-state index contributed by atoms with van der Waals surface area (Å²) in [5.74, 6) is 0.989. The molecular weight excluding hydrogens is 216 g/mol. The first-order valence-electron chi connectivity index (χ1n) is 5.20. The van der Waals surface area contributed by atoms with E-state index in [1.165, 1.54) is 6.33 Å². The highest BCUT2D eigenvalue weighted by Crippen LogP contribution is 2.35. The van der Waals surface area contributed by atoms with Gasteiger partial charge in [-0.15, -0.1) is 0 Å². The monoisotopic (exact) mass is 228 g/mol. The van der Waals surface area contributed by atoms with E-state index in [1.807, 2.05) is 30.3 Å². The highest BCUT2D eigenvalue weighted by atomic mass is 15.5. The lowest BCUT2D eigenvalue weighted by Gasteiger charge is -2.25. The van der Waals surface area contributed by atoms with Crippen molar-refractivity contribution in [2.45, 2.75) is 5.66 Å². The van der Waals surface area contributed by atoms with Gasteiger partial charge in [0.2, 0.25) is 0 Å². The number of nitrogens with two attached hydrogens (primary N) is 2. The van der Waals surface area contributed by atoms with Crippen LogP contribution in [0.5, 0.6) is 0 Å². The van der Waals surface area contributed by atoms with Gasteiger partial charge in [-0.1, -0.05) is 30.3 Å². The molecule has 2 heterocycles. The van der Waals surface area contributed by atoms with Crippen LogP contribution < -0.4 is 22.3 Å². The number of nitrogens with zero attached hydrogens (tertiary/aromatic N) is 2. The Morgan fingerprint density at radius 2 is 1.88 bits per heavy atom. The van der Waals surface area contributed by atoms with Crippen LogP contribution >= 0.6 is 0 Å². The number of hydrogen-bond acceptors (Lipinski definition) is 6. The number of fused-ring (bicyclic) bond motifs is 1. The molecule has 3 rings (SSSR count). The molecule has 1 aromatic carbocycles. The third-order valence-electron chi connectivity index (χ3n) is 2.88. The minimum Gasteiger partial charge on any atom is -0.383 e. The first-order chi connectivity index (χ1) is 8.22. The lowest BCUT2D eigenvalue weighted by molar-refractivity contribution is 0.484. The molecule has 1 aromatic heterocycles. The molecule has 86 valence electrons. The smallest absolute Gasteiger partial charge is 0.152 e. The second-order valence-corrected chi connectivity index (χ2v) is 3.91. The van der Waals surface area contributed by atoms with Crippen LogP contribution in [-0.2, 0) is 5.66 Å². The van der Waals surface area contributed by atoms with E-state index in [0.29, 0.717) is 17.2 Å². The van der Waals surface area contributed by atoms with Crippen molar-refractivity contribution in [1.82, 2.24) is 15.4 Å². The summed E-state index contributed by atoms with van der Waals surface area (Å²) in [6.07, 6.45) is 1.40. The minimum absolute atomic E-state index is 0.374. The second kappa shape index (κ2) is 3.41. The molecule has 1 unspecified atom stereocenters. The van der Waals surface area contributed by atoms with Crippen molar-refractivity contribution in [3.8, 4) is 0 Å². The lowest BCUT2D eigenvalue weighted by atomic mass is 9.94. The molecule has 6 heteroatoms. The average Bonchev–Trinajstić information content (AvgIpc) is 2.71. The van der Waals surface area contributed by atoms with Gasteiger partial charge in [-0.3, -0.25) is 0 Å². The Bertz CT molecular complexity index is 555. The molecular formula is C11H12N6. The van der Waals surface area contributed by atoms with Gasteiger partial charge in [0, 0.05) is 0 Å². The van der Waals surface area contributed by atoms with E-state index in [9.17, 15) is 0 Å². The SMILES string of the molecule is Nc1ncnc2c1C(N)(c1ccccc1)NN2. The largest absolute Gasteiger partial charge is 0.383 e. The molecule has 0 amide bonds. The first-order valence-corrected chi connectivity index (χ1v) is 5.20. The van der Waals surface area contributed by atoms with Crippen molar-refractivity contribution in [2.75, 3.05) is 11.2 Å². The Kier molecular flexibility index (Phi) is 2.01. The fourth-order valence-electron chi connectivity index (χ4n) is 2.02. The van der Waals surface area contributed by atoms with E-state index >= 15 is 0 Å². The Balaban J connectivity index is 2.20. The van der Waals surface area contributed by atoms with Gasteiger partial charge in [0.1, 0.15) is 17.8 Å². The Morgan fingerprint density at radius 3 is 2.65 bits per heavy atom. The van der Waals surface area contributed by atoms with E-state index in [2.05, 4.69) is 20.8 Å². The normalized spacial score (nSPS) is 21.9. The summed E-state index contributed by atoms with van der Waals surface area (Å²) in [6, 6.07) is 9.63. The Morgan fingerprint density at radius 1 is 1.12 bits per heavy atom. The van der Waals surface area contributed by atoms with Crippen LogP contribution in [-0.4, -0.2) is 9.97 Å². The molecule has 6 N–H and O–H groups in total. The zero-order valence-electron chi connectivity index (χ0n) is 9.01. The van der Waals surface area contributed by atoms with Gasteiger partial charge in [0.15, 0.2) is 5.82 Å². The molecule has 1 aliphatic heterocycles. The molecule has 1 atom stereocenters. The molecule has 2 aromatic rings. The highest BCUT2D eigenvalue weighted by molar-refractivity contribution is 5.64. The van der Waals surface area contributed by atoms with Crippen LogP contribution in [0.2, 0.25) is 0 Å². The molecule has 1 aliphatic rings. The van der Waals surface area contributed by atoms with Crippen LogP contribution in [0.3, 0.4) is 0 Å². The summed E-state index contributed by atoms with van der Waals surface area (Å²) in [4.78, 5) is 8.07. The van der Waals surface area contributed by atoms with Gasteiger partial charge in [0.05, 0.1) is 5.56 Å². The predicted octanol–water partition coefficient (Wildman–Crippen LogP) is 0.149. The summed E-state index contributed by atoms with van der Waals surface area (Å²) in [5, 5.41) is 0. The molecule has 0 saturated carbocycles. The quantitative estimate of drug-likeness (QED) is 0.554. The zero-order chi connectivity index (χ0) is 11.9. The summed E-state index contributed by atoms with van der Waals surface area (Å²) in [7, 11) is 0. The lowest BCUT2D eigenvalue weighted by Crippen LogP contribution is -2.49. The van der Waals surface area contributed by atoms with Crippen LogP contribution in [0.4, 0.5) is 11.6 Å². The fraction of sp³-hybridized carbons (Fsp3) is 0.0909. The molecule has 17 heavy (non-hydrogen) atoms. The number of aromatic nitrogens is 2. The minimum atomic E-state index is -0.901. The van der Waals surface area contributed by atoms with Crippen molar-refractivity contribution in [3.05, 3.63) is 47.8 Å². The number of rotatable bonds is 1. The molecule has 0 bridgehead atoms. The third kappa shape index (κ3) is 1.35.